The van der Waals surface area contributed by atoms with Crippen LogP contribution in [-0.2, 0) is 0 Å². The summed E-state index contributed by atoms with van der Waals surface area (Å²) < 4.78 is 6.32. The van der Waals surface area contributed by atoms with Gasteiger partial charge in [0.1, 0.15) is 5.75 Å². The van der Waals surface area contributed by atoms with Gasteiger partial charge in [-0.05, 0) is 67.9 Å². The molecular weight excluding hydrogens is 344 g/mol. The van der Waals surface area contributed by atoms with E-state index in [9.17, 15) is 4.79 Å². The second-order valence-electron chi connectivity index (χ2n) is 4.60. The summed E-state index contributed by atoms with van der Waals surface area (Å²) in [6, 6.07) is 14.7. The molecule has 5 heteroatoms. The number of rotatable bonds is 5. The maximum Gasteiger partial charge on any atom is 0.271 e. The number of hydrogen-bond acceptors (Lipinski definition) is 3. The monoisotopic (exact) mass is 360 g/mol. The first-order valence-electron chi connectivity index (χ1n) is 6.93. The van der Waals surface area contributed by atoms with Gasteiger partial charge in [0.2, 0.25) is 0 Å². The van der Waals surface area contributed by atoms with Gasteiger partial charge in [-0.1, -0.05) is 15.9 Å². The highest BCUT2D eigenvalue weighted by atomic mass is 79.9. The Morgan fingerprint density at radius 1 is 1.09 bits per heavy atom. The van der Waals surface area contributed by atoms with Crippen molar-refractivity contribution in [3.8, 4) is 5.75 Å². The van der Waals surface area contributed by atoms with E-state index in [0.29, 0.717) is 12.2 Å². The zero-order valence-corrected chi connectivity index (χ0v) is 14.1. The van der Waals surface area contributed by atoms with Crippen LogP contribution < -0.4 is 10.2 Å². The minimum absolute atomic E-state index is 0.238. The van der Waals surface area contributed by atoms with Gasteiger partial charge in [-0.25, -0.2) is 5.43 Å². The summed E-state index contributed by atoms with van der Waals surface area (Å²) in [5.41, 5.74) is 4.78. The van der Waals surface area contributed by atoms with Gasteiger partial charge in [-0.2, -0.15) is 5.10 Å². The van der Waals surface area contributed by atoms with E-state index in [2.05, 4.69) is 26.5 Å². The smallest absolute Gasteiger partial charge is 0.271 e. The van der Waals surface area contributed by atoms with Gasteiger partial charge < -0.3 is 4.74 Å². The largest absolute Gasteiger partial charge is 0.494 e. The molecular formula is C17H17BrN2O2. The summed E-state index contributed by atoms with van der Waals surface area (Å²) >= 11 is 3.33. The summed E-state index contributed by atoms with van der Waals surface area (Å²) in [6.07, 6.45) is 0. The Labute approximate surface area is 138 Å². The molecule has 0 radical (unpaired) electrons. The first kappa shape index (κ1) is 16.2. The molecule has 0 atom stereocenters. The Morgan fingerprint density at radius 2 is 1.68 bits per heavy atom. The lowest BCUT2D eigenvalue weighted by molar-refractivity contribution is 0.0955. The Morgan fingerprint density at radius 3 is 2.27 bits per heavy atom. The average Bonchev–Trinajstić information content (AvgIpc) is 2.54. The van der Waals surface area contributed by atoms with Crippen molar-refractivity contribution in [3.05, 3.63) is 64.1 Å². The summed E-state index contributed by atoms with van der Waals surface area (Å²) in [4.78, 5) is 12.0. The molecule has 0 heterocycles. The molecule has 2 rings (SSSR count). The number of hydrogen-bond donors (Lipinski definition) is 1. The van der Waals surface area contributed by atoms with Crippen molar-refractivity contribution in [1.82, 2.24) is 5.43 Å². The van der Waals surface area contributed by atoms with Crippen LogP contribution in [0.3, 0.4) is 0 Å². The molecule has 1 N–H and O–H groups in total. The summed E-state index contributed by atoms with van der Waals surface area (Å²) in [7, 11) is 0. The molecule has 0 fully saturated rings. The van der Waals surface area contributed by atoms with E-state index in [1.165, 1.54) is 0 Å². The Balaban J connectivity index is 2.02. The molecule has 0 unspecified atom stereocenters. The van der Waals surface area contributed by atoms with Crippen molar-refractivity contribution in [2.24, 2.45) is 5.10 Å². The molecule has 0 aliphatic rings. The molecule has 0 bridgehead atoms. The van der Waals surface area contributed by atoms with Gasteiger partial charge in [0.25, 0.3) is 5.91 Å². The van der Waals surface area contributed by atoms with Crippen LogP contribution in [0.4, 0.5) is 0 Å². The number of benzene rings is 2. The number of carbonyl (C=O) groups excluding carboxylic acids is 1. The zero-order valence-electron chi connectivity index (χ0n) is 12.5. The molecule has 22 heavy (non-hydrogen) atoms. The van der Waals surface area contributed by atoms with Gasteiger partial charge in [-0.3, -0.25) is 4.79 Å². The van der Waals surface area contributed by atoms with Crippen LogP contribution in [0.15, 0.2) is 58.1 Å². The maximum atomic E-state index is 12.0. The highest BCUT2D eigenvalue weighted by molar-refractivity contribution is 9.10. The maximum absolute atomic E-state index is 12.0. The quantitative estimate of drug-likeness (QED) is 0.646. The molecule has 2 aromatic rings. The van der Waals surface area contributed by atoms with Crippen molar-refractivity contribution in [2.45, 2.75) is 13.8 Å². The highest BCUT2D eigenvalue weighted by Gasteiger charge is 2.04. The van der Waals surface area contributed by atoms with Gasteiger partial charge in [0, 0.05) is 10.0 Å². The standard InChI is InChI=1S/C17H17BrN2O2/c1-3-22-16-10-6-13(7-11-16)12(2)19-20-17(21)14-4-8-15(18)9-5-14/h4-11H,3H2,1-2H3,(H,20,21)/b19-12+. The highest BCUT2D eigenvalue weighted by Crippen LogP contribution is 2.13. The summed E-state index contributed by atoms with van der Waals surface area (Å²) in [5.74, 6) is 0.579. The molecule has 0 spiro atoms. The fourth-order valence-electron chi connectivity index (χ4n) is 1.82. The SMILES string of the molecule is CCOc1ccc(/C(C)=N/NC(=O)c2ccc(Br)cc2)cc1. The van der Waals surface area contributed by atoms with Crippen LogP contribution in [-0.4, -0.2) is 18.2 Å². The Hall–Kier alpha value is -2.14. The molecule has 1 amide bonds. The lowest BCUT2D eigenvalue weighted by Gasteiger charge is -2.05. The van der Waals surface area contributed by atoms with Gasteiger partial charge >= 0.3 is 0 Å². The first-order chi connectivity index (χ1) is 10.6. The van der Waals surface area contributed by atoms with E-state index >= 15 is 0 Å². The van der Waals surface area contributed by atoms with Crippen molar-refractivity contribution >= 4 is 27.5 Å². The number of hydrazone groups is 1. The van der Waals surface area contributed by atoms with Crippen molar-refractivity contribution < 1.29 is 9.53 Å². The molecule has 114 valence electrons. The topological polar surface area (TPSA) is 50.7 Å². The lowest BCUT2D eigenvalue weighted by Crippen LogP contribution is -2.19. The fourth-order valence-corrected chi connectivity index (χ4v) is 2.09. The fraction of sp³-hybridized carbons (Fsp3) is 0.176. The summed E-state index contributed by atoms with van der Waals surface area (Å²) in [6.45, 7) is 4.42. The number of ether oxygens (including phenoxy) is 1. The van der Waals surface area contributed by atoms with E-state index in [1.807, 2.05) is 50.2 Å². The minimum atomic E-state index is -0.238. The van der Waals surface area contributed by atoms with Gasteiger partial charge in [0.15, 0.2) is 0 Å². The van der Waals surface area contributed by atoms with E-state index < -0.39 is 0 Å². The predicted octanol–water partition coefficient (Wildman–Crippen LogP) is 4.00. The molecule has 0 saturated carbocycles. The van der Waals surface area contributed by atoms with Crippen LogP contribution in [0.2, 0.25) is 0 Å². The molecule has 4 nitrogen and oxygen atoms in total. The third-order valence-corrected chi connectivity index (χ3v) is 3.54. The molecule has 0 aliphatic carbocycles. The molecule has 0 saturated heterocycles. The third-order valence-electron chi connectivity index (χ3n) is 3.01. The predicted molar refractivity (Wildman–Crippen MR) is 91.4 cm³/mol. The van der Waals surface area contributed by atoms with Crippen LogP contribution >= 0.6 is 15.9 Å². The number of halogens is 1. The third kappa shape index (κ3) is 4.43. The van der Waals surface area contributed by atoms with E-state index in [-0.39, 0.29) is 5.91 Å². The van der Waals surface area contributed by atoms with Crippen LogP contribution in [0.5, 0.6) is 5.75 Å². The lowest BCUT2D eigenvalue weighted by atomic mass is 10.1. The number of amides is 1. The van der Waals surface area contributed by atoms with Crippen LogP contribution in [0.1, 0.15) is 29.8 Å². The van der Waals surface area contributed by atoms with E-state index in [1.54, 1.807) is 12.1 Å². The Kier molecular flexibility index (Phi) is 5.72. The number of nitrogens with one attached hydrogen (secondary N) is 1. The zero-order chi connectivity index (χ0) is 15.9. The number of nitrogens with zero attached hydrogens (tertiary/aromatic N) is 1. The summed E-state index contributed by atoms with van der Waals surface area (Å²) in [5, 5.41) is 4.13. The van der Waals surface area contributed by atoms with E-state index in [0.717, 1.165) is 21.5 Å². The average molecular weight is 361 g/mol. The van der Waals surface area contributed by atoms with Gasteiger partial charge in [-0.15, -0.1) is 0 Å². The van der Waals surface area contributed by atoms with Crippen LogP contribution in [0.25, 0.3) is 0 Å². The van der Waals surface area contributed by atoms with Crippen molar-refractivity contribution in [2.75, 3.05) is 6.61 Å². The number of carbonyl (C=O) groups is 1. The molecule has 0 aromatic heterocycles. The molecule has 0 aliphatic heterocycles. The van der Waals surface area contributed by atoms with Crippen LogP contribution in [0, 0.1) is 0 Å². The minimum Gasteiger partial charge on any atom is -0.494 e. The first-order valence-corrected chi connectivity index (χ1v) is 7.73. The van der Waals surface area contributed by atoms with Crippen molar-refractivity contribution in [3.63, 3.8) is 0 Å². The molecule has 2 aromatic carbocycles. The Bertz CT molecular complexity index is 664. The van der Waals surface area contributed by atoms with Gasteiger partial charge in [0.05, 0.1) is 12.3 Å². The normalized spacial score (nSPS) is 11.1. The second-order valence-corrected chi connectivity index (χ2v) is 5.52. The van der Waals surface area contributed by atoms with E-state index in [4.69, 9.17) is 4.74 Å². The second kappa shape index (κ2) is 7.75. The van der Waals surface area contributed by atoms with Crippen molar-refractivity contribution in [1.29, 1.82) is 0 Å².